The Hall–Kier alpha value is -3.75. The maximum Gasteiger partial charge on any atom is 0.315 e. The smallest absolute Gasteiger partial charge is 0.315 e. The largest absolute Gasteiger partial charge is 0.486 e. The molecule has 1 aliphatic rings. The van der Waals surface area contributed by atoms with Crippen molar-refractivity contribution in [2.45, 2.75) is 33.4 Å². The number of rotatable bonds is 9. The van der Waals surface area contributed by atoms with Crippen LogP contribution in [0.2, 0.25) is 0 Å². The summed E-state index contributed by atoms with van der Waals surface area (Å²) in [5.74, 6) is 0.376. The first-order valence-electron chi connectivity index (χ1n) is 11.4. The molecule has 0 saturated carbocycles. The third-order valence-corrected chi connectivity index (χ3v) is 5.37. The van der Waals surface area contributed by atoms with E-state index in [1.165, 1.54) is 4.90 Å². The quantitative estimate of drug-likeness (QED) is 0.524. The molecule has 3 N–H and O–H groups in total. The molecular formula is C25H32N4O5. The molecule has 0 aromatic heterocycles. The van der Waals surface area contributed by atoms with Gasteiger partial charge >= 0.3 is 6.03 Å². The molecule has 1 heterocycles. The van der Waals surface area contributed by atoms with Crippen molar-refractivity contribution >= 4 is 23.5 Å². The Morgan fingerprint density at radius 2 is 1.71 bits per heavy atom. The van der Waals surface area contributed by atoms with Crippen LogP contribution in [-0.4, -0.2) is 55.1 Å². The number of amides is 4. The third kappa shape index (κ3) is 6.87. The molecule has 0 fully saturated rings. The summed E-state index contributed by atoms with van der Waals surface area (Å²) in [4.78, 5) is 39.7. The van der Waals surface area contributed by atoms with Crippen LogP contribution in [-0.2, 0) is 16.1 Å². The molecular weight excluding hydrogens is 436 g/mol. The minimum absolute atomic E-state index is 0.139. The zero-order valence-corrected chi connectivity index (χ0v) is 19.8. The van der Waals surface area contributed by atoms with E-state index >= 15 is 0 Å². The molecule has 0 saturated heterocycles. The van der Waals surface area contributed by atoms with Crippen molar-refractivity contribution in [3.8, 4) is 11.5 Å². The van der Waals surface area contributed by atoms with E-state index in [1.807, 2.05) is 44.2 Å². The third-order valence-electron chi connectivity index (χ3n) is 5.37. The Labute approximate surface area is 199 Å². The normalized spacial score (nSPS) is 13.1. The van der Waals surface area contributed by atoms with Gasteiger partial charge in [-0.2, -0.15) is 0 Å². The summed E-state index contributed by atoms with van der Waals surface area (Å²) in [6, 6.07) is 13.5. The first-order valence-corrected chi connectivity index (χ1v) is 11.4. The molecule has 1 atom stereocenters. The van der Waals surface area contributed by atoms with Gasteiger partial charge in [-0.3, -0.25) is 9.59 Å². The van der Waals surface area contributed by atoms with Crippen LogP contribution in [0, 0.1) is 5.92 Å². The van der Waals surface area contributed by atoms with Gasteiger partial charge in [-0.15, -0.1) is 0 Å². The lowest BCUT2D eigenvalue weighted by Gasteiger charge is -2.28. The number of fused-ring (bicyclic) bond motifs is 1. The molecule has 0 radical (unpaired) electrons. The monoisotopic (exact) mass is 468 g/mol. The van der Waals surface area contributed by atoms with Crippen LogP contribution in [0.1, 0.15) is 26.3 Å². The van der Waals surface area contributed by atoms with Crippen LogP contribution < -0.4 is 25.4 Å². The number of urea groups is 1. The van der Waals surface area contributed by atoms with E-state index in [4.69, 9.17) is 9.47 Å². The van der Waals surface area contributed by atoms with E-state index in [9.17, 15) is 14.4 Å². The van der Waals surface area contributed by atoms with Gasteiger partial charge in [-0.1, -0.05) is 44.2 Å². The van der Waals surface area contributed by atoms with Gasteiger partial charge in [-0.05, 0) is 30.5 Å². The molecule has 3 rings (SSSR count). The van der Waals surface area contributed by atoms with Crippen molar-refractivity contribution in [1.82, 2.24) is 15.5 Å². The molecule has 2 aromatic carbocycles. The Kier molecular flexibility index (Phi) is 8.73. The summed E-state index contributed by atoms with van der Waals surface area (Å²) >= 11 is 0. The summed E-state index contributed by atoms with van der Waals surface area (Å²) in [6.07, 6.45) is 0. The second kappa shape index (κ2) is 11.9. The topological polar surface area (TPSA) is 109 Å². The summed E-state index contributed by atoms with van der Waals surface area (Å²) in [5, 5.41) is 8.32. The van der Waals surface area contributed by atoms with Gasteiger partial charge in [0.1, 0.15) is 19.3 Å². The van der Waals surface area contributed by atoms with Crippen LogP contribution >= 0.6 is 0 Å². The number of hydrogen-bond acceptors (Lipinski definition) is 5. The Balaban J connectivity index is 1.56. The number of anilines is 1. The predicted octanol–water partition coefficient (Wildman–Crippen LogP) is 2.77. The maximum absolute atomic E-state index is 13.2. The van der Waals surface area contributed by atoms with Gasteiger partial charge in [0.05, 0.1) is 6.54 Å². The van der Waals surface area contributed by atoms with Crippen molar-refractivity contribution in [3.63, 3.8) is 0 Å². The molecule has 2 aromatic rings. The van der Waals surface area contributed by atoms with Gasteiger partial charge in [0, 0.05) is 24.8 Å². The summed E-state index contributed by atoms with van der Waals surface area (Å²) in [7, 11) is 0. The fourth-order valence-corrected chi connectivity index (χ4v) is 3.52. The highest BCUT2D eigenvalue weighted by molar-refractivity contribution is 5.96. The number of benzene rings is 2. The number of likely N-dealkylation sites (N-methyl/N-ethyl adjacent to an activating group) is 1. The molecule has 1 aliphatic heterocycles. The number of ether oxygens (including phenoxy) is 2. The van der Waals surface area contributed by atoms with E-state index in [2.05, 4.69) is 16.0 Å². The molecule has 9 heteroatoms. The zero-order chi connectivity index (χ0) is 24.5. The average Bonchev–Trinajstić information content (AvgIpc) is 2.84. The van der Waals surface area contributed by atoms with Gasteiger partial charge < -0.3 is 30.3 Å². The zero-order valence-electron chi connectivity index (χ0n) is 19.8. The molecule has 1 unspecified atom stereocenters. The van der Waals surface area contributed by atoms with Crippen LogP contribution in [0.3, 0.4) is 0 Å². The number of nitrogens with zero attached hydrogens (tertiary/aromatic N) is 1. The van der Waals surface area contributed by atoms with Gasteiger partial charge in [0.25, 0.3) is 0 Å². The average molecular weight is 469 g/mol. The van der Waals surface area contributed by atoms with Crippen LogP contribution in [0.25, 0.3) is 0 Å². The van der Waals surface area contributed by atoms with Crippen molar-refractivity contribution in [2.75, 3.05) is 31.6 Å². The van der Waals surface area contributed by atoms with Crippen LogP contribution in [0.4, 0.5) is 10.5 Å². The van der Waals surface area contributed by atoms with Crippen LogP contribution in [0.5, 0.6) is 11.5 Å². The highest BCUT2D eigenvalue weighted by atomic mass is 16.6. The standard InChI is InChI=1S/C25H32N4O5/c1-4-29(16-22(30)27-19-10-11-20-21(14-19)34-13-12-33-20)24(31)23(17(2)3)28-25(32)26-15-18-8-6-5-7-9-18/h5-11,14,17,23H,4,12-13,15-16H2,1-3H3,(H,27,30)(H2,26,28,32). The lowest BCUT2D eigenvalue weighted by molar-refractivity contribution is -0.137. The fourth-order valence-electron chi connectivity index (χ4n) is 3.52. The van der Waals surface area contributed by atoms with E-state index in [1.54, 1.807) is 25.1 Å². The number of nitrogens with one attached hydrogen (secondary N) is 3. The van der Waals surface area contributed by atoms with E-state index in [-0.39, 0.29) is 24.3 Å². The van der Waals surface area contributed by atoms with Gasteiger partial charge in [-0.25, -0.2) is 4.79 Å². The maximum atomic E-state index is 13.2. The highest BCUT2D eigenvalue weighted by Gasteiger charge is 2.29. The minimum atomic E-state index is -0.766. The van der Waals surface area contributed by atoms with Crippen LogP contribution in [0.15, 0.2) is 48.5 Å². The number of carbonyl (C=O) groups is 3. The highest BCUT2D eigenvalue weighted by Crippen LogP contribution is 2.32. The second-order valence-electron chi connectivity index (χ2n) is 8.29. The van der Waals surface area contributed by atoms with Crippen molar-refractivity contribution < 1.29 is 23.9 Å². The minimum Gasteiger partial charge on any atom is -0.486 e. The first-order chi connectivity index (χ1) is 16.4. The fraction of sp³-hybridized carbons (Fsp3) is 0.400. The van der Waals surface area contributed by atoms with Crippen molar-refractivity contribution in [2.24, 2.45) is 5.92 Å². The summed E-state index contributed by atoms with van der Waals surface area (Å²) in [5.41, 5.74) is 1.51. The van der Waals surface area contributed by atoms with E-state index < -0.39 is 12.1 Å². The predicted molar refractivity (Wildman–Crippen MR) is 129 cm³/mol. The molecule has 34 heavy (non-hydrogen) atoms. The Morgan fingerprint density at radius 1 is 1.00 bits per heavy atom. The van der Waals surface area contributed by atoms with Crippen molar-refractivity contribution in [3.05, 3.63) is 54.1 Å². The molecule has 9 nitrogen and oxygen atoms in total. The summed E-state index contributed by atoms with van der Waals surface area (Å²) in [6.45, 7) is 6.96. The molecule has 4 amide bonds. The molecule has 0 spiro atoms. The SMILES string of the molecule is CCN(CC(=O)Nc1ccc2c(c1)OCCO2)C(=O)C(NC(=O)NCc1ccccc1)C(C)C. The Morgan fingerprint density at radius 3 is 2.38 bits per heavy atom. The number of hydrogen-bond donors (Lipinski definition) is 3. The first kappa shape index (κ1) is 24.9. The summed E-state index contributed by atoms with van der Waals surface area (Å²) < 4.78 is 11.0. The van der Waals surface area contributed by atoms with E-state index in [0.717, 1.165) is 5.56 Å². The van der Waals surface area contributed by atoms with Gasteiger partial charge in [0.2, 0.25) is 11.8 Å². The molecule has 182 valence electrons. The second-order valence-corrected chi connectivity index (χ2v) is 8.29. The van der Waals surface area contributed by atoms with E-state index in [0.29, 0.717) is 43.5 Å². The van der Waals surface area contributed by atoms with Crippen molar-refractivity contribution in [1.29, 1.82) is 0 Å². The number of carbonyl (C=O) groups excluding carboxylic acids is 3. The lowest BCUT2D eigenvalue weighted by atomic mass is 10.0. The Bertz CT molecular complexity index is 996. The lowest BCUT2D eigenvalue weighted by Crippen LogP contribution is -2.54. The van der Waals surface area contributed by atoms with Gasteiger partial charge in [0.15, 0.2) is 11.5 Å². The molecule has 0 aliphatic carbocycles. The molecule has 0 bridgehead atoms.